The van der Waals surface area contributed by atoms with Gasteiger partial charge in [0.15, 0.2) is 0 Å². The third-order valence-corrected chi connectivity index (χ3v) is 10.7. The molecule has 0 amide bonds. The lowest BCUT2D eigenvalue weighted by Gasteiger charge is -2.17. The second-order valence-electron chi connectivity index (χ2n) is 11.2. The van der Waals surface area contributed by atoms with Crippen LogP contribution in [0.5, 0.6) is 0 Å². The van der Waals surface area contributed by atoms with E-state index in [9.17, 15) is 0 Å². The van der Waals surface area contributed by atoms with E-state index in [4.69, 9.17) is 4.98 Å². The fraction of sp³-hybridized carbons (Fsp3) is 0.0857. The molecule has 188 valence electrons. The van der Waals surface area contributed by atoms with E-state index < -0.39 is 8.07 Å². The molecule has 0 aliphatic heterocycles. The minimum atomic E-state index is -1.29. The SMILES string of the molecule is C[Si](C)(C)c1ccc(-c2ccc3cc(-c4ccc(-c5ccc6sc7ncccc7c6c5)nc4)ccc3c2)cc1. The molecule has 0 radical (unpaired) electrons. The summed E-state index contributed by atoms with van der Waals surface area (Å²) in [6.07, 6.45) is 3.85. The summed E-state index contributed by atoms with van der Waals surface area (Å²) in [7, 11) is -1.29. The van der Waals surface area contributed by atoms with Gasteiger partial charge in [-0.15, -0.1) is 11.3 Å². The number of nitrogens with zero attached hydrogens (tertiary/aromatic N) is 2. The van der Waals surface area contributed by atoms with Crippen molar-refractivity contribution in [2.75, 3.05) is 0 Å². The summed E-state index contributed by atoms with van der Waals surface area (Å²) < 4.78 is 1.26. The van der Waals surface area contributed by atoms with Crippen LogP contribution in [0.25, 0.3) is 64.6 Å². The summed E-state index contributed by atoms with van der Waals surface area (Å²) >= 11 is 1.74. The molecule has 3 aromatic heterocycles. The summed E-state index contributed by atoms with van der Waals surface area (Å²) in [4.78, 5) is 10.4. The fourth-order valence-corrected chi connectivity index (χ4v) is 7.46. The van der Waals surface area contributed by atoms with Gasteiger partial charge in [-0.05, 0) is 69.9 Å². The summed E-state index contributed by atoms with van der Waals surface area (Å²) in [5.74, 6) is 0. The number of pyridine rings is 2. The predicted molar refractivity (Wildman–Crippen MR) is 172 cm³/mol. The number of rotatable bonds is 4. The molecule has 0 N–H and O–H groups in total. The highest BCUT2D eigenvalue weighted by Gasteiger charge is 2.16. The van der Waals surface area contributed by atoms with Crippen molar-refractivity contribution < 1.29 is 0 Å². The number of thiophene rings is 1. The Hall–Kier alpha value is -4.12. The molecular weight excluding hydrogens is 509 g/mol. The smallest absolute Gasteiger partial charge is 0.124 e. The van der Waals surface area contributed by atoms with E-state index in [1.165, 1.54) is 48.1 Å². The zero-order valence-corrected chi connectivity index (χ0v) is 24.1. The molecule has 0 aliphatic rings. The first-order chi connectivity index (χ1) is 18.9. The number of fused-ring (bicyclic) bond motifs is 4. The van der Waals surface area contributed by atoms with Crippen molar-refractivity contribution in [3.05, 3.63) is 116 Å². The maximum absolute atomic E-state index is 4.85. The zero-order valence-electron chi connectivity index (χ0n) is 22.3. The summed E-state index contributed by atoms with van der Waals surface area (Å²) in [5.41, 5.74) is 6.94. The Morgan fingerprint density at radius 2 is 1.23 bits per heavy atom. The number of hydrogen-bond donors (Lipinski definition) is 0. The molecule has 0 saturated heterocycles. The van der Waals surface area contributed by atoms with Crippen LogP contribution in [0, 0.1) is 0 Å². The lowest BCUT2D eigenvalue weighted by atomic mass is 9.98. The van der Waals surface area contributed by atoms with Gasteiger partial charge in [0.05, 0.1) is 13.8 Å². The van der Waals surface area contributed by atoms with Crippen LogP contribution < -0.4 is 5.19 Å². The van der Waals surface area contributed by atoms with E-state index in [-0.39, 0.29) is 0 Å². The lowest BCUT2D eigenvalue weighted by molar-refractivity contribution is 1.33. The van der Waals surface area contributed by atoms with E-state index in [0.29, 0.717) is 0 Å². The van der Waals surface area contributed by atoms with E-state index in [1.807, 2.05) is 18.5 Å². The fourth-order valence-electron chi connectivity index (χ4n) is 5.27. The van der Waals surface area contributed by atoms with E-state index in [0.717, 1.165) is 21.7 Å². The highest BCUT2D eigenvalue weighted by atomic mass is 32.1. The Morgan fingerprint density at radius 1 is 0.564 bits per heavy atom. The second kappa shape index (κ2) is 9.26. The average molecular weight is 537 g/mol. The molecule has 0 saturated carbocycles. The van der Waals surface area contributed by atoms with Gasteiger partial charge in [0.1, 0.15) is 4.83 Å². The quantitative estimate of drug-likeness (QED) is 0.209. The summed E-state index contributed by atoms with van der Waals surface area (Å²) in [6.45, 7) is 7.17. The monoisotopic (exact) mass is 536 g/mol. The van der Waals surface area contributed by atoms with E-state index in [1.54, 1.807) is 11.3 Å². The van der Waals surface area contributed by atoms with Crippen LogP contribution in [-0.2, 0) is 0 Å². The van der Waals surface area contributed by atoms with Gasteiger partial charge in [-0.3, -0.25) is 4.98 Å². The Kier molecular flexibility index (Phi) is 5.69. The van der Waals surface area contributed by atoms with Crippen LogP contribution in [-0.4, -0.2) is 18.0 Å². The van der Waals surface area contributed by atoms with Gasteiger partial charge in [0, 0.05) is 39.0 Å². The molecule has 7 aromatic rings. The maximum atomic E-state index is 4.85. The van der Waals surface area contributed by atoms with Gasteiger partial charge in [-0.25, -0.2) is 4.98 Å². The first-order valence-electron chi connectivity index (χ1n) is 13.3. The molecule has 0 atom stereocenters. The van der Waals surface area contributed by atoms with Crippen molar-refractivity contribution in [1.29, 1.82) is 0 Å². The molecule has 0 bridgehead atoms. The van der Waals surface area contributed by atoms with Gasteiger partial charge in [-0.2, -0.15) is 0 Å². The minimum absolute atomic E-state index is 0.981. The molecule has 2 nitrogen and oxygen atoms in total. The molecule has 0 unspecified atom stereocenters. The molecule has 39 heavy (non-hydrogen) atoms. The number of hydrogen-bond acceptors (Lipinski definition) is 3. The summed E-state index contributed by atoms with van der Waals surface area (Å²) in [6, 6.07) is 37.6. The zero-order chi connectivity index (χ0) is 26.6. The minimum Gasteiger partial charge on any atom is -0.256 e. The Balaban J connectivity index is 1.17. The van der Waals surface area contributed by atoms with Crippen LogP contribution >= 0.6 is 11.3 Å². The lowest BCUT2D eigenvalue weighted by Crippen LogP contribution is -2.37. The van der Waals surface area contributed by atoms with E-state index in [2.05, 4.69) is 122 Å². The third kappa shape index (κ3) is 4.46. The Labute approximate surface area is 233 Å². The van der Waals surface area contributed by atoms with Gasteiger partial charge in [0.25, 0.3) is 0 Å². The first kappa shape index (κ1) is 24.0. The van der Waals surface area contributed by atoms with Gasteiger partial charge in [0.2, 0.25) is 0 Å². The highest BCUT2D eigenvalue weighted by molar-refractivity contribution is 7.25. The van der Waals surface area contributed by atoms with Crippen molar-refractivity contribution in [2.45, 2.75) is 19.6 Å². The van der Waals surface area contributed by atoms with Crippen LogP contribution in [0.3, 0.4) is 0 Å². The van der Waals surface area contributed by atoms with Crippen molar-refractivity contribution in [3.63, 3.8) is 0 Å². The predicted octanol–water partition coefficient (Wildman–Crippen LogP) is 9.54. The van der Waals surface area contributed by atoms with Crippen LogP contribution in [0.4, 0.5) is 0 Å². The molecule has 0 fully saturated rings. The second-order valence-corrected chi connectivity index (χ2v) is 17.3. The Bertz CT molecular complexity index is 1980. The topological polar surface area (TPSA) is 25.8 Å². The molecule has 7 rings (SSSR count). The molecule has 4 aromatic carbocycles. The van der Waals surface area contributed by atoms with Crippen molar-refractivity contribution in [3.8, 4) is 33.5 Å². The number of benzene rings is 4. The Morgan fingerprint density at radius 3 is 1.92 bits per heavy atom. The van der Waals surface area contributed by atoms with E-state index >= 15 is 0 Å². The molecule has 4 heteroatoms. The number of aromatic nitrogens is 2. The van der Waals surface area contributed by atoms with Crippen molar-refractivity contribution >= 4 is 55.7 Å². The van der Waals surface area contributed by atoms with Crippen molar-refractivity contribution in [1.82, 2.24) is 9.97 Å². The molecular formula is C35H28N2SSi. The van der Waals surface area contributed by atoms with Crippen LogP contribution in [0.15, 0.2) is 116 Å². The van der Waals surface area contributed by atoms with Crippen LogP contribution in [0.1, 0.15) is 0 Å². The molecule has 0 spiro atoms. The summed E-state index contributed by atoms with van der Waals surface area (Å²) in [5, 5.41) is 6.43. The van der Waals surface area contributed by atoms with Gasteiger partial charge in [-0.1, -0.05) is 85.5 Å². The normalized spacial score (nSPS) is 12.0. The third-order valence-electron chi connectivity index (χ3n) is 7.56. The van der Waals surface area contributed by atoms with Crippen LogP contribution in [0.2, 0.25) is 19.6 Å². The molecule has 3 heterocycles. The maximum Gasteiger partial charge on any atom is 0.124 e. The average Bonchev–Trinajstić information content (AvgIpc) is 3.34. The largest absolute Gasteiger partial charge is 0.256 e. The van der Waals surface area contributed by atoms with Gasteiger partial charge >= 0.3 is 0 Å². The first-order valence-corrected chi connectivity index (χ1v) is 17.6. The molecule has 0 aliphatic carbocycles. The standard InChI is InChI=1S/C35H28N2SSi/c1-39(2,3)30-14-10-23(11-15-30)24-6-7-26-20-27(9-8-25(26)19-24)29-12-16-33(37-22-29)28-13-17-34-32(21-28)31-5-4-18-36-35(31)38-34/h4-22H,1-3H3. The van der Waals surface area contributed by atoms with Crippen molar-refractivity contribution in [2.24, 2.45) is 0 Å². The van der Waals surface area contributed by atoms with Gasteiger partial charge < -0.3 is 0 Å². The highest BCUT2D eigenvalue weighted by Crippen LogP contribution is 2.35.